The molecule has 1 aromatic carbocycles. The van der Waals surface area contributed by atoms with E-state index >= 15 is 0 Å². The van der Waals surface area contributed by atoms with Gasteiger partial charge in [-0.05, 0) is 125 Å². The molecule has 0 saturated carbocycles. The first-order valence-corrected chi connectivity index (χ1v) is 37.0. The molecule has 0 radical (unpaired) electrons. The number of hydrogen-bond donors (Lipinski definition) is 21. The van der Waals surface area contributed by atoms with Gasteiger partial charge < -0.3 is 114 Å². The first-order valence-electron chi connectivity index (χ1n) is 37.0. The molecule has 14 atom stereocenters. The van der Waals surface area contributed by atoms with Crippen molar-refractivity contribution in [1.82, 2.24) is 63.8 Å². The summed E-state index contributed by atoms with van der Waals surface area (Å²) in [6.07, 6.45) is 0.348. The minimum absolute atomic E-state index is 0.0109. The van der Waals surface area contributed by atoms with Crippen LogP contribution in [0, 0.1) is 29.6 Å². The molecular formula is C71H123N19O18. The summed E-state index contributed by atoms with van der Waals surface area (Å²) in [5, 5.41) is 60.5. The number of nitrogens with two attached hydrogens (primary N) is 6. The van der Waals surface area contributed by atoms with Gasteiger partial charge in [0.1, 0.15) is 66.5 Å². The zero-order valence-corrected chi connectivity index (χ0v) is 64.1. The van der Waals surface area contributed by atoms with Crippen LogP contribution in [0.25, 0.3) is 0 Å². The van der Waals surface area contributed by atoms with Crippen LogP contribution in [0.3, 0.4) is 0 Å². The molecule has 1 aromatic rings. The molecule has 0 unspecified atom stereocenters. The highest BCUT2D eigenvalue weighted by molar-refractivity contribution is 6.00. The lowest BCUT2D eigenvalue weighted by Crippen LogP contribution is -2.61. The number of primary amides is 1. The van der Waals surface area contributed by atoms with Crippen molar-refractivity contribution in [3.05, 3.63) is 35.9 Å². The van der Waals surface area contributed by atoms with Crippen molar-refractivity contribution in [3.8, 4) is 0 Å². The molecule has 0 aliphatic rings. The summed E-state index contributed by atoms with van der Waals surface area (Å²) in [6, 6.07) is -9.31. The molecule has 0 aliphatic heterocycles. The van der Waals surface area contributed by atoms with E-state index in [1.54, 1.807) is 92.6 Å². The third-order valence-electron chi connectivity index (χ3n) is 17.5. The summed E-state index contributed by atoms with van der Waals surface area (Å²) in [5.74, 6) is -17.0. The maximum Gasteiger partial charge on any atom is 0.326 e. The quantitative estimate of drug-likeness (QED) is 0.0170. The van der Waals surface area contributed by atoms with Gasteiger partial charge in [-0.1, -0.05) is 112 Å². The fraction of sp³-hybridized carbons (Fsp3) is 0.690. The van der Waals surface area contributed by atoms with E-state index in [9.17, 15) is 87.2 Å². The van der Waals surface area contributed by atoms with Crippen molar-refractivity contribution in [2.75, 3.05) is 32.8 Å². The van der Waals surface area contributed by atoms with Crippen LogP contribution >= 0.6 is 0 Å². The second kappa shape index (κ2) is 51.6. The standard InChI is InChI=1S/C71H123N19O18/c1-11-41(9)57(90-62(99)46(25-17-19-29-73)83-69(106)58(42(10)12-2)89-59(96)44(74)23-20-30-78-71(76)77)68(105)79-36-55(93)80-48(31-38(3)4)63(100)85-50(34-43-21-14-13-15-22-43)65(102)86-51(35-56(94)95)66(103)82-47(26-27-54(75)92)61(98)84-49(32-39(5)6)64(101)88-53(37-91)67(104)81-45(24-16-18-28-72)60(97)87-52(70(107)108)33-40(7)8/h13-15,21-22,38-42,44-53,57-58,91H,11-12,16-20,23-37,72-74H2,1-10H3,(H2,75,92)(H,79,105)(H,80,93)(H,81,104)(H,82,103)(H,83,106)(H,84,98)(H,85,100)(H,86,102)(H,87,97)(H,88,101)(H,89,96)(H,90,99)(H,94,95)(H,107,108)(H4,76,77,78)/t41-,42-,44-,45-,46-,47-,48-,49-,50-,51-,52-,53-,57-,58-/m0/s1. The zero-order valence-electron chi connectivity index (χ0n) is 64.1. The number of aliphatic hydroxyl groups excluding tert-OH is 1. The molecule has 13 amide bonds. The Morgan fingerprint density at radius 3 is 1.31 bits per heavy atom. The van der Waals surface area contributed by atoms with Crippen molar-refractivity contribution < 1.29 is 87.2 Å². The number of aliphatic imine (C=N–C) groups is 1. The summed E-state index contributed by atoms with van der Waals surface area (Å²) < 4.78 is 0. The number of guanidine groups is 1. The van der Waals surface area contributed by atoms with Crippen molar-refractivity contribution in [2.24, 2.45) is 69.0 Å². The Bertz CT molecular complexity index is 3120. The molecule has 1 rings (SSSR count). The molecular weight excluding hydrogens is 1410 g/mol. The van der Waals surface area contributed by atoms with Crippen molar-refractivity contribution in [1.29, 1.82) is 0 Å². The zero-order chi connectivity index (χ0) is 81.9. The second-order valence-electron chi connectivity index (χ2n) is 28.4. The molecule has 610 valence electrons. The summed E-state index contributed by atoms with van der Waals surface area (Å²) >= 11 is 0. The molecule has 37 nitrogen and oxygen atoms in total. The number of carboxylic acid groups (broad SMARTS) is 2. The van der Waals surface area contributed by atoms with Gasteiger partial charge in [0.05, 0.1) is 25.6 Å². The Morgan fingerprint density at radius 1 is 0.435 bits per heavy atom. The Hall–Kier alpha value is -9.62. The van der Waals surface area contributed by atoms with Gasteiger partial charge in [0.25, 0.3) is 0 Å². The summed E-state index contributed by atoms with van der Waals surface area (Å²) in [5.41, 5.74) is 34.3. The molecule has 0 spiro atoms. The fourth-order valence-electron chi connectivity index (χ4n) is 11.1. The Labute approximate surface area is 631 Å². The van der Waals surface area contributed by atoms with Gasteiger partial charge in [0, 0.05) is 19.4 Å². The molecule has 27 N–H and O–H groups in total. The number of amides is 13. The van der Waals surface area contributed by atoms with E-state index in [0.29, 0.717) is 50.5 Å². The number of carbonyl (C=O) groups is 15. The number of unbranched alkanes of at least 4 members (excludes halogenated alkanes) is 2. The monoisotopic (exact) mass is 1530 g/mol. The maximum absolute atomic E-state index is 14.6. The predicted molar refractivity (Wildman–Crippen MR) is 401 cm³/mol. The highest BCUT2D eigenvalue weighted by Gasteiger charge is 2.38. The summed E-state index contributed by atoms with van der Waals surface area (Å²) in [4.78, 5) is 209. The van der Waals surface area contributed by atoms with E-state index in [1.807, 2.05) is 6.92 Å². The third-order valence-corrected chi connectivity index (χ3v) is 17.5. The van der Waals surface area contributed by atoms with Gasteiger partial charge in [0.15, 0.2) is 5.96 Å². The number of carboxylic acids is 2. The number of rotatable bonds is 55. The van der Waals surface area contributed by atoms with Crippen LogP contribution in [-0.4, -0.2) is 215 Å². The van der Waals surface area contributed by atoms with Crippen molar-refractivity contribution >= 4 is 94.7 Å². The molecule has 0 aliphatic carbocycles. The summed E-state index contributed by atoms with van der Waals surface area (Å²) in [6.45, 7) is 16.2. The van der Waals surface area contributed by atoms with Crippen LogP contribution in [0.15, 0.2) is 35.3 Å². The van der Waals surface area contributed by atoms with E-state index < -0.39 is 205 Å². The molecule has 0 fully saturated rings. The van der Waals surface area contributed by atoms with Gasteiger partial charge in [-0.3, -0.25) is 72.1 Å². The molecule has 0 saturated heterocycles. The lowest BCUT2D eigenvalue weighted by atomic mass is 9.96. The highest BCUT2D eigenvalue weighted by Crippen LogP contribution is 2.16. The number of nitrogens with zero attached hydrogens (tertiary/aromatic N) is 1. The number of carbonyl (C=O) groups excluding carboxylic acids is 13. The van der Waals surface area contributed by atoms with Gasteiger partial charge in [-0.25, -0.2) is 4.79 Å². The van der Waals surface area contributed by atoms with E-state index in [2.05, 4.69) is 68.8 Å². The minimum atomic E-state index is -2.02. The molecule has 0 aromatic heterocycles. The van der Waals surface area contributed by atoms with Crippen LogP contribution in [0.5, 0.6) is 0 Å². The number of aliphatic hydroxyl groups is 1. The number of nitrogens with one attached hydrogen (secondary N) is 12. The number of aliphatic carboxylic acids is 2. The average Bonchev–Trinajstić information content (AvgIpc) is 0.850. The van der Waals surface area contributed by atoms with Crippen molar-refractivity contribution in [2.45, 2.75) is 251 Å². The van der Waals surface area contributed by atoms with E-state index in [4.69, 9.17) is 34.4 Å². The first kappa shape index (κ1) is 96.4. The minimum Gasteiger partial charge on any atom is -0.481 e. The predicted octanol–water partition coefficient (Wildman–Crippen LogP) is -3.64. The molecule has 0 heterocycles. The number of benzene rings is 1. The SMILES string of the molecule is CC[C@H](C)[C@H](NC(=O)[C@H](CCCCN)NC(=O)[C@@H](NC(=O)[C@@H](N)CCCN=C(N)N)[C@@H](C)CC)C(=O)NCC(=O)N[C@@H](CC(C)C)C(=O)N[C@@H](Cc1ccccc1)C(=O)N[C@@H](CC(=O)O)C(=O)N[C@@H](CCC(N)=O)C(=O)N[C@@H](CC(C)C)C(=O)N[C@@H](CO)C(=O)N[C@@H](CCCCN)C(=O)N[C@@H](CC(C)C)C(=O)O. The smallest absolute Gasteiger partial charge is 0.326 e. The maximum atomic E-state index is 14.6. The van der Waals surface area contributed by atoms with E-state index in [-0.39, 0.29) is 88.3 Å². The van der Waals surface area contributed by atoms with Crippen LogP contribution in [0.4, 0.5) is 0 Å². The Morgan fingerprint density at radius 2 is 0.833 bits per heavy atom. The Kier molecular flexibility index (Phi) is 46.1. The van der Waals surface area contributed by atoms with Crippen LogP contribution < -0.4 is 98.2 Å². The molecule has 37 heteroatoms. The fourth-order valence-corrected chi connectivity index (χ4v) is 11.1. The number of hydrogen-bond acceptors (Lipinski definition) is 20. The lowest BCUT2D eigenvalue weighted by molar-refractivity contribution is -0.143. The van der Waals surface area contributed by atoms with Gasteiger partial charge in [0.2, 0.25) is 76.8 Å². The van der Waals surface area contributed by atoms with Gasteiger partial charge in [-0.2, -0.15) is 0 Å². The van der Waals surface area contributed by atoms with E-state index in [0.717, 1.165) is 0 Å². The average molecular weight is 1530 g/mol. The van der Waals surface area contributed by atoms with Crippen LogP contribution in [-0.2, 0) is 78.3 Å². The van der Waals surface area contributed by atoms with Crippen LogP contribution in [0.1, 0.15) is 178 Å². The lowest BCUT2D eigenvalue weighted by Gasteiger charge is -2.29. The van der Waals surface area contributed by atoms with E-state index in [1.165, 1.54) is 0 Å². The highest BCUT2D eigenvalue weighted by atomic mass is 16.4. The topological polar surface area (TPSA) is 630 Å². The van der Waals surface area contributed by atoms with Crippen LogP contribution in [0.2, 0.25) is 0 Å². The molecule has 108 heavy (non-hydrogen) atoms. The van der Waals surface area contributed by atoms with Gasteiger partial charge >= 0.3 is 11.9 Å². The van der Waals surface area contributed by atoms with Crippen molar-refractivity contribution in [3.63, 3.8) is 0 Å². The first-order chi connectivity index (χ1) is 50.8. The largest absolute Gasteiger partial charge is 0.481 e. The Balaban J connectivity index is 3.58. The summed E-state index contributed by atoms with van der Waals surface area (Å²) in [7, 11) is 0. The molecule has 0 bridgehead atoms. The third kappa shape index (κ3) is 38.3. The normalized spacial score (nSPS) is 15.1. The van der Waals surface area contributed by atoms with Gasteiger partial charge in [-0.15, -0.1) is 0 Å². The second-order valence-corrected chi connectivity index (χ2v) is 28.4.